The summed E-state index contributed by atoms with van der Waals surface area (Å²) in [6, 6.07) is 4.64. The molecule has 3 rings (SSSR count). The van der Waals surface area contributed by atoms with Crippen LogP contribution in [0.5, 0.6) is 11.5 Å². The van der Waals surface area contributed by atoms with Crippen molar-refractivity contribution in [1.82, 2.24) is 10.2 Å². The normalized spacial score (nSPS) is 13.0. The Morgan fingerprint density at radius 3 is 2.70 bits per heavy atom. The summed E-state index contributed by atoms with van der Waals surface area (Å²) in [5, 5.41) is 15.3. The third-order valence-corrected chi connectivity index (χ3v) is 2.93. The van der Waals surface area contributed by atoms with Crippen LogP contribution >= 0.6 is 0 Å². The summed E-state index contributed by atoms with van der Waals surface area (Å²) in [7, 11) is 0. The van der Waals surface area contributed by atoms with E-state index in [1.165, 1.54) is 6.07 Å². The average molecular weight is 274 g/mol. The molecule has 0 fully saturated rings. The Morgan fingerprint density at radius 1 is 1.30 bits per heavy atom. The number of aromatic amines is 1. The fourth-order valence-electron chi connectivity index (χ4n) is 2.02. The van der Waals surface area contributed by atoms with Crippen molar-refractivity contribution in [3.8, 4) is 22.8 Å². The van der Waals surface area contributed by atoms with Gasteiger partial charge in [-0.15, -0.1) is 0 Å². The minimum atomic E-state index is -1.10. The average Bonchev–Trinajstić information content (AvgIpc) is 2.96. The van der Waals surface area contributed by atoms with Crippen molar-refractivity contribution >= 4 is 12.3 Å². The molecule has 1 aromatic carbocycles. The van der Waals surface area contributed by atoms with Crippen LogP contribution in [-0.2, 0) is 0 Å². The number of nitrogens with one attached hydrogen (secondary N) is 1. The van der Waals surface area contributed by atoms with Gasteiger partial charge < -0.3 is 14.6 Å². The van der Waals surface area contributed by atoms with Crippen molar-refractivity contribution in [2.45, 2.75) is 0 Å². The number of aldehydes is 1. The molecule has 2 heterocycles. The highest BCUT2D eigenvalue weighted by atomic mass is 16.6. The molecule has 0 saturated heterocycles. The second kappa shape index (κ2) is 4.69. The van der Waals surface area contributed by atoms with Crippen LogP contribution in [-0.4, -0.2) is 40.8 Å². The summed E-state index contributed by atoms with van der Waals surface area (Å²) in [6.45, 7) is 0.719. The first-order valence-electron chi connectivity index (χ1n) is 5.87. The number of fused-ring (bicyclic) bond motifs is 1. The van der Waals surface area contributed by atoms with E-state index in [4.69, 9.17) is 14.6 Å². The standard InChI is InChI=1S/C13H10N2O5/c16-6-7-1-2-8(12-11(7)19-3-4-20-12)9-5-10(13(17)18)15-14-9/h1-2,5-6H,3-4H2,(H,14,15)(H,17,18). The Labute approximate surface area is 113 Å². The largest absolute Gasteiger partial charge is 0.485 e. The van der Waals surface area contributed by atoms with Crippen LogP contribution in [0.15, 0.2) is 18.2 Å². The molecule has 0 bridgehead atoms. The Morgan fingerprint density at radius 2 is 2.05 bits per heavy atom. The topological polar surface area (TPSA) is 102 Å². The number of aromatic nitrogens is 2. The summed E-state index contributed by atoms with van der Waals surface area (Å²) >= 11 is 0. The van der Waals surface area contributed by atoms with Gasteiger partial charge in [0.05, 0.1) is 11.3 Å². The van der Waals surface area contributed by atoms with Gasteiger partial charge in [-0.25, -0.2) is 4.79 Å². The Balaban J connectivity index is 2.13. The maximum Gasteiger partial charge on any atom is 0.353 e. The molecule has 0 unspecified atom stereocenters. The van der Waals surface area contributed by atoms with E-state index in [2.05, 4.69) is 10.2 Å². The second-order valence-corrected chi connectivity index (χ2v) is 4.15. The number of rotatable bonds is 3. The van der Waals surface area contributed by atoms with Crippen LogP contribution in [0.4, 0.5) is 0 Å². The summed E-state index contributed by atoms with van der Waals surface area (Å²) in [5.41, 5.74) is 1.36. The number of ether oxygens (including phenoxy) is 2. The number of hydrogen-bond donors (Lipinski definition) is 2. The van der Waals surface area contributed by atoms with Crippen LogP contribution in [0.25, 0.3) is 11.3 Å². The predicted molar refractivity (Wildman–Crippen MR) is 67.4 cm³/mol. The van der Waals surface area contributed by atoms with Crippen LogP contribution in [0.3, 0.4) is 0 Å². The monoisotopic (exact) mass is 274 g/mol. The first kappa shape index (κ1) is 12.2. The molecule has 1 aromatic heterocycles. The lowest BCUT2D eigenvalue weighted by Gasteiger charge is -2.21. The molecule has 2 N–H and O–H groups in total. The molecule has 1 aliphatic rings. The van der Waals surface area contributed by atoms with Gasteiger partial charge >= 0.3 is 5.97 Å². The highest BCUT2D eigenvalue weighted by Gasteiger charge is 2.22. The van der Waals surface area contributed by atoms with Gasteiger partial charge in [0.1, 0.15) is 18.9 Å². The van der Waals surface area contributed by atoms with Crippen LogP contribution in [0, 0.1) is 0 Å². The fourth-order valence-corrected chi connectivity index (χ4v) is 2.02. The molecule has 102 valence electrons. The predicted octanol–water partition coefficient (Wildman–Crippen LogP) is 1.36. The van der Waals surface area contributed by atoms with E-state index in [1.807, 2.05) is 0 Å². The number of carbonyl (C=O) groups is 2. The van der Waals surface area contributed by atoms with Gasteiger partial charge in [0.25, 0.3) is 0 Å². The van der Waals surface area contributed by atoms with E-state index in [0.29, 0.717) is 47.8 Å². The molecule has 2 aromatic rings. The third-order valence-electron chi connectivity index (χ3n) is 2.93. The third kappa shape index (κ3) is 1.89. The summed E-state index contributed by atoms with van der Waals surface area (Å²) < 4.78 is 11.0. The summed E-state index contributed by atoms with van der Waals surface area (Å²) in [6.07, 6.45) is 0.685. The SMILES string of the molecule is O=Cc1ccc(-c2cc(C(=O)O)[nH]n2)c2c1OCCO2. The molecule has 7 heteroatoms. The van der Waals surface area contributed by atoms with Crippen LogP contribution < -0.4 is 9.47 Å². The van der Waals surface area contributed by atoms with Crippen molar-refractivity contribution in [3.63, 3.8) is 0 Å². The number of aromatic carboxylic acids is 1. The number of nitrogens with zero attached hydrogens (tertiary/aromatic N) is 1. The van der Waals surface area contributed by atoms with Crippen molar-refractivity contribution in [2.75, 3.05) is 13.2 Å². The smallest absolute Gasteiger partial charge is 0.353 e. The molecule has 1 aliphatic heterocycles. The quantitative estimate of drug-likeness (QED) is 0.819. The van der Waals surface area contributed by atoms with Crippen molar-refractivity contribution in [1.29, 1.82) is 0 Å². The molecular weight excluding hydrogens is 264 g/mol. The number of H-pyrrole nitrogens is 1. The van der Waals surface area contributed by atoms with Gasteiger partial charge in [0, 0.05) is 5.56 Å². The molecule has 0 radical (unpaired) electrons. The molecule has 0 amide bonds. The maximum atomic E-state index is 11.0. The number of hydrogen-bond acceptors (Lipinski definition) is 5. The summed E-state index contributed by atoms with van der Waals surface area (Å²) in [4.78, 5) is 21.8. The van der Waals surface area contributed by atoms with E-state index in [9.17, 15) is 9.59 Å². The van der Waals surface area contributed by atoms with E-state index in [1.54, 1.807) is 12.1 Å². The van der Waals surface area contributed by atoms with Crippen molar-refractivity contribution < 1.29 is 24.2 Å². The zero-order valence-electron chi connectivity index (χ0n) is 10.3. The van der Waals surface area contributed by atoms with Gasteiger partial charge in [0.2, 0.25) is 0 Å². The van der Waals surface area contributed by atoms with Gasteiger partial charge in [-0.05, 0) is 18.2 Å². The van der Waals surface area contributed by atoms with Gasteiger partial charge in [-0.2, -0.15) is 5.10 Å². The Hall–Kier alpha value is -2.83. The maximum absolute atomic E-state index is 11.0. The lowest BCUT2D eigenvalue weighted by molar-refractivity contribution is 0.0690. The number of carboxylic acids is 1. The molecule has 0 saturated carbocycles. The van der Waals surface area contributed by atoms with Crippen LogP contribution in [0.1, 0.15) is 20.8 Å². The minimum Gasteiger partial charge on any atom is -0.485 e. The summed E-state index contributed by atoms with van der Waals surface area (Å²) in [5.74, 6) is -0.327. The Kier molecular flexibility index (Phi) is 2.86. The van der Waals surface area contributed by atoms with Gasteiger partial charge in [-0.3, -0.25) is 9.89 Å². The first-order valence-corrected chi connectivity index (χ1v) is 5.87. The molecule has 0 spiro atoms. The van der Waals surface area contributed by atoms with E-state index in [-0.39, 0.29) is 5.69 Å². The molecule has 7 nitrogen and oxygen atoms in total. The molecule has 20 heavy (non-hydrogen) atoms. The van der Waals surface area contributed by atoms with E-state index in [0.717, 1.165) is 0 Å². The lowest BCUT2D eigenvalue weighted by Crippen LogP contribution is -2.17. The zero-order chi connectivity index (χ0) is 14.1. The second-order valence-electron chi connectivity index (χ2n) is 4.15. The molecule has 0 aliphatic carbocycles. The number of carbonyl (C=O) groups excluding carboxylic acids is 1. The van der Waals surface area contributed by atoms with Crippen molar-refractivity contribution in [2.24, 2.45) is 0 Å². The van der Waals surface area contributed by atoms with Gasteiger partial charge in [0.15, 0.2) is 17.8 Å². The molecule has 0 atom stereocenters. The number of carboxylic acid groups (broad SMARTS) is 1. The number of benzene rings is 1. The van der Waals surface area contributed by atoms with Crippen molar-refractivity contribution in [3.05, 3.63) is 29.5 Å². The highest BCUT2D eigenvalue weighted by molar-refractivity contribution is 5.89. The zero-order valence-corrected chi connectivity index (χ0v) is 10.3. The first-order chi connectivity index (χ1) is 9.70. The van der Waals surface area contributed by atoms with E-state index >= 15 is 0 Å². The van der Waals surface area contributed by atoms with Crippen LogP contribution in [0.2, 0.25) is 0 Å². The lowest BCUT2D eigenvalue weighted by atomic mass is 10.1. The fraction of sp³-hybridized carbons (Fsp3) is 0.154. The Bertz CT molecular complexity index is 692. The minimum absolute atomic E-state index is 0.0232. The van der Waals surface area contributed by atoms with Gasteiger partial charge in [-0.1, -0.05) is 0 Å². The molecular formula is C13H10N2O5. The van der Waals surface area contributed by atoms with E-state index < -0.39 is 5.97 Å². The highest BCUT2D eigenvalue weighted by Crippen LogP contribution is 2.41.